The normalized spacial score (nSPS) is 12.8. The molecule has 1 unspecified atom stereocenters. The van der Waals surface area contributed by atoms with Crippen molar-refractivity contribution in [2.24, 2.45) is 5.73 Å². The van der Waals surface area contributed by atoms with Gasteiger partial charge in [0.2, 0.25) is 0 Å². The van der Waals surface area contributed by atoms with E-state index in [-0.39, 0.29) is 5.92 Å². The average molecular weight is 293 g/mol. The number of fused-ring (bicyclic) bond motifs is 1. The van der Waals surface area contributed by atoms with Gasteiger partial charge in [-0.3, -0.25) is 0 Å². The molecule has 0 fully saturated rings. The monoisotopic (exact) mass is 293 g/mol. The van der Waals surface area contributed by atoms with E-state index < -0.39 is 0 Å². The third-order valence-electron chi connectivity index (χ3n) is 4.48. The minimum Gasteiger partial charge on any atom is -0.330 e. The third-order valence-corrected chi connectivity index (χ3v) is 4.48. The van der Waals surface area contributed by atoms with Crippen molar-refractivity contribution in [1.29, 1.82) is 0 Å². The number of aryl methyl sites for hydroxylation is 3. The van der Waals surface area contributed by atoms with Gasteiger partial charge in [-0.2, -0.15) is 0 Å². The minimum atomic E-state index is 0.258. The van der Waals surface area contributed by atoms with Gasteiger partial charge in [-0.1, -0.05) is 25.1 Å². The van der Waals surface area contributed by atoms with Crippen molar-refractivity contribution in [2.45, 2.75) is 33.6 Å². The van der Waals surface area contributed by atoms with Crippen LogP contribution in [0.5, 0.6) is 0 Å². The smallest absolute Gasteiger partial charge is 0.140 e. The van der Waals surface area contributed by atoms with Crippen LogP contribution in [0.3, 0.4) is 0 Å². The van der Waals surface area contributed by atoms with E-state index in [1.807, 2.05) is 0 Å². The van der Waals surface area contributed by atoms with Crippen LogP contribution in [0.4, 0.5) is 0 Å². The molecule has 2 aromatic heterocycles. The number of pyridine rings is 1. The van der Waals surface area contributed by atoms with Crippen molar-refractivity contribution in [3.63, 3.8) is 0 Å². The molecule has 1 atom stereocenters. The Balaban J connectivity index is 2.32. The molecule has 0 aliphatic heterocycles. The first-order chi connectivity index (χ1) is 10.5. The molecule has 3 heteroatoms. The predicted molar refractivity (Wildman–Crippen MR) is 92.3 cm³/mol. The second-order valence-corrected chi connectivity index (χ2v) is 6.17. The predicted octanol–water partition coefficient (Wildman–Crippen LogP) is 3.99. The van der Waals surface area contributed by atoms with Crippen LogP contribution in [0.15, 0.2) is 36.5 Å². The van der Waals surface area contributed by atoms with E-state index in [0.29, 0.717) is 6.54 Å². The van der Waals surface area contributed by atoms with E-state index in [2.05, 4.69) is 68.6 Å². The SMILES string of the molecule is Cc1ccc(-c2nc3c(C)cccn3c2C(C)CN)cc1C. The average Bonchev–Trinajstić information content (AvgIpc) is 2.90. The van der Waals surface area contributed by atoms with Crippen LogP contribution in [0.2, 0.25) is 0 Å². The van der Waals surface area contributed by atoms with Crippen molar-refractivity contribution in [3.8, 4) is 11.3 Å². The van der Waals surface area contributed by atoms with E-state index in [9.17, 15) is 0 Å². The highest BCUT2D eigenvalue weighted by Gasteiger charge is 2.19. The molecule has 2 heterocycles. The minimum absolute atomic E-state index is 0.258. The number of aromatic nitrogens is 2. The lowest BCUT2D eigenvalue weighted by Crippen LogP contribution is -2.12. The summed E-state index contributed by atoms with van der Waals surface area (Å²) in [5, 5.41) is 0. The number of hydrogen-bond donors (Lipinski definition) is 1. The Morgan fingerprint density at radius 2 is 1.86 bits per heavy atom. The van der Waals surface area contributed by atoms with E-state index >= 15 is 0 Å². The Morgan fingerprint density at radius 3 is 2.55 bits per heavy atom. The summed E-state index contributed by atoms with van der Waals surface area (Å²) in [6, 6.07) is 10.7. The van der Waals surface area contributed by atoms with Gasteiger partial charge in [-0.15, -0.1) is 0 Å². The summed E-state index contributed by atoms with van der Waals surface area (Å²) in [7, 11) is 0. The molecule has 2 N–H and O–H groups in total. The van der Waals surface area contributed by atoms with Crippen LogP contribution >= 0.6 is 0 Å². The fraction of sp³-hybridized carbons (Fsp3) is 0.316. The highest BCUT2D eigenvalue weighted by atomic mass is 15.0. The number of imidazole rings is 1. The number of nitrogens with zero attached hydrogens (tertiary/aromatic N) is 2. The quantitative estimate of drug-likeness (QED) is 0.793. The first-order valence-corrected chi connectivity index (χ1v) is 7.78. The molecular formula is C19H23N3. The standard InChI is InChI=1S/C19H23N3/c1-12-7-8-16(10-14(12)3)17-18(15(4)11-20)22-9-5-6-13(2)19(22)21-17/h5-10,15H,11,20H2,1-4H3. The molecule has 3 nitrogen and oxygen atoms in total. The fourth-order valence-electron chi connectivity index (χ4n) is 2.91. The van der Waals surface area contributed by atoms with Crippen LogP contribution in [-0.2, 0) is 0 Å². The van der Waals surface area contributed by atoms with E-state index in [1.54, 1.807) is 0 Å². The fourth-order valence-corrected chi connectivity index (χ4v) is 2.91. The molecule has 3 aromatic rings. The Morgan fingerprint density at radius 1 is 1.09 bits per heavy atom. The second-order valence-electron chi connectivity index (χ2n) is 6.17. The van der Waals surface area contributed by atoms with Gasteiger partial charge in [0.25, 0.3) is 0 Å². The van der Waals surface area contributed by atoms with Gasteiger partial charge in [0.1, 0.15) is 5.65 Å². The van der Waals surface area contributed by atoms with E-state index in [4.69, 9.17) is 10.7 Å². The summed E-state index contributed by atoms with van der Waals surface area (Å²) in [5.74, 6) is 0.258. The maximum atomic E-state index is 5.95. The van der Waals surface area contributed by atoms with Crippen LogP contribution in [0, 0.1) is 20.8 Å². The zero-order valence-electron chi connectivity index (χ0n) is 13.7. The van der Waals surface area contributed by atoms with Crippen LogP contribution < -0.4 is 5.73 Å². The zero-order chi connectivity index (χ0) is 15.9. The molecular weight excluding hydrogens is 270 g/mol. The molecule has 0 amide bonds. The first kappa shape index (κ1) is 14.8. The summed E-state index contributed by atoms with van der Waals surface area (Å²) in [6.45, 7) is 9.15. The molecule has 0 radical (unpaired) electrons. The molecule has 1 aromatic carbocycles. The van der Waals surface area contributed by atoms with Crippen molar-refractivity contribution in [1.82, 2.24) is 9.38 Å². The molecule has 0 saturated heterocycles. The highest BCUT2D eigenvalue weighted by Crippen LogP contribution is 2.31. The van der Waals surface area contributed by atoms with Crippen molar-refractivity contribution < 1.29 is 0 Å². The molecule has 114 valence electrons. The zero-order valence-corrected chi connectivity index (χ0v) is 13.7. The Hall–Kier alpha value is -2.13. The lowest BCUT2D eigenvalue weighted by Gasteiger charge is -2.12. The summed E-state index contributed by atoms with van der Waals surface area (Å²) < 4.78 is 2.19. The van der Waals surface area contributed by atoms with Crippen LogP contribution in [0.1, 0.15) is 35.2 Å². The Kier molecular flexibility index (Phi) is 3.75. The van der Waals surface area contributed by atoms with Crippen molar-refractivity contribution in [3.05, 3.63) is 58.9 Å². The van der Waals surface area contributed by atoms with Crippen molar-refractivity contribution in [2.75, 3.05) is 6.54 Å². The van der Waals surface area contributed by atoms with Crippen LogP contribution in [0.25, 0.3) is 16.9 Å². The molecule has 22 heavy (non-hydrogen) atoms. The van der Waals surface area contributed by atoms with Gasteiger partial charge < -0.3 is 10.1 Å². The molecule has 0 bridgehead atoms. The van der Waals surface area contributed by atoms with Gasteiger partial charge in [0.15, 0.2) is 0 Å². The first-order valence-electron chi connectivity index (χ1n) is 7.78. The van der Waals surface area contributed by atoms with Gasteiger partial charge in [0.05, 0.1) is 11.4 Å². The molecule has 3 rings (SSSR count). The van der Waals surface area contributed by atoms with Gasteiger partial charge >= 0.3 is 0 Å². The molecule has 0 saturated carbocycles. The van der Waals surface area contributed by atoms with Crippen LogP contribution in [-0.4, -0.2) is 15.9 Å². The topological polar surface area (TPSA) is 43.3 Å². The van der Waals surface area contributed by atoms with Gasteiger partial charge in [-0.05, 0) is 49.6 Å². The van der Waals surface area contributed by atoms with Gasteiger partial charge in [0, 0.05) is 24.2 Å². The molecule has 0 aliphatic carbocycles. The second kappa shape index (κ2) is 5.58. The number of benzene rings is 1. The lowest BCUT2D eigenvalue weighted by atomic mass is 9.99. The van der Waals surface area contributed by atoms with E-state index in [0.717, 1.165) is 11.3 Å². The van der Waals surface area contributed by atoms with Gasteiger partial charge in [-0.25, -0.2) is 4.98 Å². The Labute approximate surface area is 131 Å². The summed E-state index contributed by atoms with van der Waals surface area (Å²) in [4.78, 5) is 4.93. The lowest BCUT2D eigenvalue weighted by molar-refractivity contribution is 0.738. The summed E-state index contributed by atoms with van der Waals surface area (Å²) >= 11 is 0. The number of nitrogens with two attached hydrogens (primary N) is 1. The summed E-state index contributed by atoms with van der Waals surface area (Å²) in [5.41, 5.74) is 14.2. The Bertz CT molecular complexity index is 830. The van der Waals surface area contributed by atoms with E-state index in [1.165, 1.54) is 27.9 Å². The molecule has 0 aliphatic rings. The maximum Gasteiger partial charge on any atom is 0.140 e. The maximum absolute atomic E-state index is 5.95. The third kappa shape index (κ3) is 2.32. The highest BCUT2D eigenvalue weighted by molar-refractivity contribution is 5.69. The van der Waals surface area contributed by atoms with Crippen molar-refractivity contribution >= 4 is 5.65 Å². The number of rotatable bonds is 3. The molecule has 0 spiro atoms. The largest absolute Gasteiger partial charge is 0.330 e. The summed E-state index contributed by atoms with van der Waals surface area (Å²) in [6.07, 6.45) is 2.08. The number of hydrogen-bond acceptors (Lipinski definition) is 2.